The Bertz CT molecular complexity index is 404. The molecular formula is C10H10FNO3. The molecule has 0 fully saturated rings. The van der Waals surface area contributed by atoms with Crippen molar-refractivity contribution < 1.29 is 19.0 Å². The molecule has 0 aromatic heterocycles. The van der Waals surface area contributed by atoms with Crippen LogP contribution in [0, 0.1) is 11.2 Å². The van der Waals surface area contributed by atoms with Gasteiger partial charge in [-0.15, -0.1) is 0 Å². The van der Waals surface area contributed by atoms with Crippen LogP contribution in [-0.2, 0) is 4.74 Å². The van der Waals surface area contributed by atoms with Gasteiger partial charge in [0.1, 0.15) is 5.82 Å². The second-order valence-corrected chi connectivity index (χ2v) is 2.76. The van der Waals surface area contributed by atoms with Crippen molar-refractivity contribution in [3.05, 3.63) is 35.1 Å². The maximum atomic E-state index is 13.3. The topological polar surface area (TPSA) is 70.4 Å². The van der Waals surface area contributed by atoms with E-state index >= 15 is 0 Å². The molecule has 0 saturated heterocycles. The molecule has 0 spiro atoms. The molecular weight excluding hydrogens is 201 g/mol. The highest BCUT2D eigenvalue weighted by Crippen LogP contribution is 2.11. The molecule has 0 bridgehead atoms. The van der Waals surface area contributed by atoms with Gasteiger partial charge in [0.15, 0.2) is 0 Å². The van der Waals surface area contributed by atoms with Gasteiger partial charge in [-0.1, -0.05) is 0 Å². The van der Waals surface area contributed by atoms with Gasteiger partial charge < -0.3 is 9.84 Å². The molecule has 0 aliphatic carbocycles. The van der Waals surface area contributed by atoms with Gasteiger partial charge in [-0.2, -0.15) is 0 Å². The van der Waals surface area contributed by atoms with Crippen LogP contribution in [0.4, 0.5) is 4.39 Å². The number of carboxylic acids is 1. The highest BCUT2D eigenvalue weighted by Gasteiger charge is 2.12. The highest BCUT2D eigenvalue weighted by atomic mass is 19.1. The van der Waals surface area contributed by atoms with Crippen molar-refractivity contribution >= 4 is 11.9 Å². The number of halogens is 1. The fourth-order valence-corrected chi connectivity index (χ4v) is 1.05. The Morgan fingerprint density at radius 3 is 2.73 bits per heavy atom. The summed E-state index contributed by atoms with van der Waals surface area (Å²) in [6, 6.07) is 3.32. The number of ether oxygens (including phenoxy) is 1. The van der Waals surface area contributed by atoms with Gasteiger partial charge in [0.2, 0.25) is 5.90 Å². The van der Waals surface area contributed by atoms with E-state index in [1.54, 1.807) is 6.92 Å². The first-order valence-corrected chi connectivity index (χ1v) is 4.30. The fourth-order valence-electron chi connectivity index (χ4n) is 1.05. The summed E-state index contributed by atoms with van der Waals surface area (Å²) in [5.74, 6) is -2.27. The second kappa shape index (κ2) is 4.54. The SMILES string of the molecule is CCOC(=N)c1ccc(C(=O)O)cc1F. The minimum absolute atomic E-state index is 0.0400. The third-order valence-electron chi connectivity index (χ3n) is 1.75. The van der Waals surface area contributed by atoms with Crippen LogP contribution >= 0.6 is 0 Å². The van der Waals surface area contributed by atoms with Crippen LogP contribution in [-0.4, -0.2) is 23.6 Å². The molecule has 0 radical (unpaired) electrons. The van der Waals surface area contributed by atoms with Crippen molar-refractivity contribution in [2.75, 3.05) is 6.61 Å². The molecule has 0 heterocycles. The zero-order valence-electron chi connectivity index (χ0n) is 8.08. The molecule has 4 nitrogen and oxygen atoms in total. The minimum atomic E-state index is -1.21. The summed E-state index contributed by atoms with van der Waals surface area (Å²) >= 11 is 0. The number of nitrogens with one attached hydrogen (secondary N) is 1. The van der Waals surface area contributed by atoms with E-state index in [4.69, 9.17) is 15.3 Å². The molecule has 80 valence electrons. The Labute approximate surface area is 85.8 Å². The maximum Gasteiger partial charge on any atom is 0.335 e. The van der Waals surface area contributed by atoms with E-state index in [-0.39, 0.29) is 23.6 Å². The monoisotopic (exact) mass is 211 g/mol. The second-order valence-electron chi connectivity index (χ2n) is 2.76. The van der Waals surface area contributed by atoms with E-state index in [1.165, 1.54) is 12.1 Å². The quantitative estimate of drug-likeness (QED) is 0.592. The Balaban J connectivity index is 3.03. The maximum absolute atomic E-state index is 13.3. The van der Waals surface area contributed by atoms with Crippen LogP contribution < -0.4 is 0 Å². The summed E-state index contributed by atoms with van der Waals surface area (Å²) < 4.78 is 18.1. The van der Waals surface area contributed by atoms with Crippen LogP contribution in [0.25, 0.3) is 0 Å². The molecule has 5 heteroatoms. The average Bonchev–Trinajstić information content (AvgIpc) is 2.17. The number of benzene rings is 1. The van der Waals surface area contributed by atoms with E-state index in [0.717, 1.165) is 6.07 Å². The summed E-state index contributed by atoms with van der Waals surface area (Å²) in [5, 5.41) is 15.9. The molecule has 0 aliphatic heterocycles. The molecule has 0 amide bonds. The lowest BCUT2D eigenvalue weighted by atomic mass is 10.1. The number of aromatic carboxylic acids is 1. The molecule has 0 atom stereocenters. The molecule has 0 aliphatic rings. The number of carboxylic acid groups (broad SMARTS) is 1. The number of rotatable bonds is 3. The molecule has 0 saturated carbocycles. The summed E-state index contributed by atoms with van der Waals surface area (Å²) in [4.78, 5) is 10.5. The Hall–Kier alpha value is -1.91. The summed E-state index contributed by atoms with van der Waals surface area (Å²) in [5.41, 5.74) is -0.192. The van der Waals surface area contributed by atoms with Gasteiger partial charge in [-0.05, 0) is 25.1 Å². The van der Waals surface area contributed by atoms with Crippen molar-refractivity contribution in [3.8, 4) is 0 Å². The normalized spacial score (nSPS) is 9.73. The lowest BCUT2D eigenvalue weighted by Crippen LogP contribution is -2.08. The minimum Gasteiger partial charge on any atom is -0.478 e. The Morgan fingerprint density at radius 1 is 1.60 bits per heavy atom. The summed E-state index contributed by atoms with van der Waals surface area (Å²) in [6.07, 6.45) is 0. The number of hydrogen-bond acceptors (Lipinski definition) is 3. The molecule has 15 heavy (non-hydrogen) atoms. The van der Waals surface area contributed by atoms with E-state index < -0.39 is 11.8 Å². The Kier molecular flexibility index (Phi) is 3.38. The number of carbonyl (C=O) groups is 1. The van der Waals surface area contributed by atoms with E-state index in [9.17, 15) is 9.18 Å². The predicted octanol–water partition coefficient (Wildman–Crippen LogP) is 1.89. The van der Waals surface area contributed by atoms with Gasteiger partial charge in [-0.25, -0.2) is 9.18 Å². The van der Waals surface area contributed by atoms with Crippen LogP contribution in [0.3, 0.4) is 0 Å². The smallest absolute Gasteiger partial charge is 0.335 e. The average molecular weight is 211 g/mol. The zero-order valence-corrected chi connectivity index (χ0v) is 8.08. The number of hydrogen-bond donors (Lipinski definition) is 2. The summed E-state index contributed by atoms with van der Waals surface area (Å²) in [6.45, 7) is 1.94. The standard InChI is InChI=1S/C10H10FNO3/c1-2-15-9(12)7-4-3-6(10(13)14)5-8(7)11/h3-5,12H,2H2,1H3,(H,13,14). The molecule has 2 N–H and O–H groups in total. The molecule has 1 aromatic rings. The van der Waals surface area contributed by atoms with E-state index in [0.29, 0.717) is 0 Å². The van der Waals surface area contributed by atoms with E-state index in [1.807, 2.05) is 0 Å². The van der Waals surface area contributed by atoms with Crippen LogP contribution in [0.2, 0.25) is 0 Å². The third-order valence-corrected chi connectivity index (χ3v) is 1.75. The first-order valence-electron chi connectivity index (χ1n) is 4.30. The zero-order chi connectivity index (χ0) is 11.4. The van der Waals surface area contributed by atoms with Crippen LogP contribution in [0.5, 0.6) is 0 Å². The van der Waals surface area contributed by atoms with Crippen molar-refractivity contribution in [2.45, 2.75) is 6.92 Å². The molecule has 1 aromatic carbocycles. The molecule has 1 rings (SSSR count). The molecule has 0 unspecified atom stereocenters. The van der Waals surface area contributed by atoms with Gasteiger partial charge in [0.05, 0.1) is 17.7 Å². The van der Waals surface area contributed by atoms with Crippen molar-refractivity contribution in [3.63, 3.8) is 0 Å². The van der Waals surface area contributed by atoms with Gasteiger partial charge >= 0.3 is 5.97 Å². The lowest BCUT2D eigenvalue weighted by molar-refractivity contribution is 0.0696. The highest BCUT2D eigenvalue weighted by molar-refractivity contribution is 5.94. The Morgan fingerprint density at radius 2 is 2.27 bits per heavy atom. The van der Waals surface area contributed by atoms with Gasteiger partial charge in [0, 0.05) is 0 Å². The third kappa shape index (κ3) is 2.52. The fraction of sp³-hybridized carbons (Fsp3) is 0.200. The van der Waals surface area contributed by atoms with E-state index in [2.05, 4.69) is 0 Å². The first kappa shape index (κ1) is 11.2. The van der Waals surface area contributed by atoms with Crippen molar-refractivity contribution in [1.29, 1.82) is 5.41 Å². The predicted molar refractivity (Wildman–Crippen MR) is 51.8 cm³/mol. The van der Waals surface area contributed by atoms with Gasteiger partial charge in [-0.3, -0.25) is 5.41 Å². The first-order chi connectivity index (χ1) is 7.06. The van der Waals surface area contributed by atoms with Crippen molar-refractivity contribution in [2.24, 2.45) is 0 Å². The van der Waals surface area contributed by atoms with Gasteiger partial charge in [0.25, 0.3) is 0 Å². The van der Waals surface area contributed by atoms with Crippen LogP contribution in [0.1, 0.15) is 22.8 Å². The van der Waals surface area contributed by atoms with Crippen LogP contribution in [0.15, 0.2) is 18.2 Å². The summed E-state index contributed by atoms with van der Waals surface area (Å²) in [7, 11) is 0. The lowest BCUT2D eigenvalue weighted by Gasteiger charge is -2.06. The largest absolute Gasteiger partial charge is 0.478 e. The van der Waals surface area contributed by atoms with Crippen molar-refractivity contribution in [1.82, 2.24) is 0 Å².